The van der Waals surface area contributed by atoms with Crippen molar-refractivity contribution in [1.29, 1.82) is 0 Å². The van der Waals surface area contributed by atoms with E-state index in [9.17, 15) is 4.79 Å². The van der Waals surface area contributed by atoms with Crippen molar-refractivity contribution in [3.05, 3.63) is 35.9 Å². The number of nitrogens with two attached hydrogens (primary N) is 1. The van der Waals surface area contributed by atoms with Gasteiger partial charge < -0.3 is 15.8 Å². The van der Waals surface area contributed by atoms with Crippen LogP contribution in [-0.2, 0) is 9.53 Å². The Morgan fingerprint density at radius 2 is 2.06 bits per heavy atom. The molecule has 0 unspecified atom stereocenters. The molecule has 0 aliphatic carbocycles. The maximum Gasteiger partial charge on any atom is 0.241 e. The Kier molecular flexibility index (Phi) is 7.06. The zero-order chi connectivity index (χ0) is 13.2. The van der Waals surface area contributed by atoms with E-state index in [4.69, 9.17) is 10.5 Å². The van der Waals surface area contributed by atoms with E-state index < -0.39 is 6.04 Å². The molecule has 0 fully saturated rings. The molecule has 1 atom stereocenters. The number of nitrogens with one attached hydrogen (secondary N) is 1. The summed E-state index contributed by atoms with van der Waals surface area (Å²) >= 11 is 0. The molecule has 18 heavy (non-hydrogen) atoms. The number of hydrogen-bond acceptors (Lipinski definition) is 3. The molecule has 1 aromatic rings. The lowest BCUT2D eigenvalue weighted by Gasteiger charge is -2.12. The van der Waals surface area contributed by atoms with E-state index in [0.717, 1.165) is 25.0 Å². The molecule has 100 valence electrons. The molecule has 4 heteroatoms. The van der Waals surface area contributed by atoms with Crippen LogP contribution >= 0.6 is 0 Å². The Labute approximate surface area is 109 Å². The van der Waals surface area contributed by atoms with E-state index in [2.05, 4.69) is 12.2 Å². The van der Waals surface area contributed by atoms with Crippen LogP contribution in [0.5, 0.6) is 0 Å². The SMILES string of the molecule is CCCCOCCNC(=O)[C@H](N)c1ccccc1. The van der Waals surface area contributed by atoms with Crippen LogP contribution in [0, 0.1) is 0 Å². The molecule has 0 saturated heterocycles. The first-order valence-corrected chi connectivity index (χ1v) is 6.41. The summed E-state index contributed by atoms with van der Waals surface area (Å²) in [5.74, 6) is -0.166. The Morgan fingerprint density at radius 3 is 2.72 bits per heavy atom. The number of hydrogen-bond donors (Lipinski definition) is 2. The van der Waals surface area contributed by atoms with E-state index >= 15 is 0 Å². The van der Waals surface area contributed by atoms with Gasteiger partial charge in [0.1, 0.15) is 6.04 Å². The largest absolute Gasteiger partial charge is 0.380 e. The lowest BCUT2D eigenvalue weighted by atomic mass is 10.1. The third-order valence-corrected chi connectivity index (χ3v) is 2.63. The highest BCUT2D eigenvalue weighted by Crippen LogP contribution is 2.08. The van der Waals surface area contributed by atoms with Gasteiger partial charge in [0.2, 0.25) is 5.91 Å². The van der Waals surface area contributed by atoms with E-state index in [1.165, 1.54) is 0 Å². The fourth-order valence-electron chi connectivity index (χ4n) is 1.52. The summed E-state index contributed by atoms with van der Waals surface area (Å²) in [6, 6.07) is 8.73. The summed E-state index contributed by atoms with van der Waals surface area (Å²) in [5.41, 5.74) is 6.67. The van der Waals surface area contributed by atoms with Crippen molar-refractivity contribution in [1.82, 2.24) is 5.32 Å². The predicted molar refractivity (Wildman–Crippen MR) is 72.1 cm³/mol. The standard InChI is InChI=1S/C14H22N2O2/c1-2-3-10-18-11-9-16-14(17)13(15)12-7-5-4-6-8-12/h4-8,13H,2-3,9-11,15H2,1H3,(H,16,17)/t13-/m1/s1. The molecule has 1 rings (SSSR count). The smallest absolute Gasteiger partial charge is 0.241 e. The van der Waals surface area contributed by atoms with Crippen LogP contribution < -0.4 is 11.1 Å². The van der Waals surface area contributed by atoms with Crippen molar-refractivity contribution < 1.29 is 9.53 Å². The van der Waals surface area contributed by atoms with Crippen molar-refractivity contribution in [3.8, 4) is 0 Å². The number of unbranched alkanes of at least 4 members (excludes halogenated alkanes) is 1. The van der Waals surface area contributed by atoms with Crippen molar-refractivity contribution in [2.75, 3.05) is 19.8 Å². The van der Waals surface area contributed by atoms with Gasteiger partial charge in [0, 0.05) is 13.2 Å². The van der Waals surface area contributed by atoms with Gasteiger partial charge in [-0.05, 0) is 12.0 Å². The normalized spacial score (nSPS) is 12.1. The molecular weight excluding hydrogens is 228 g/mol. The topological polar surface area (TPSA) is 64.3 Å². The quantitative estimate of drug-likeness (QED) is 0.689. The van der Waals surface area contributed by atoms with E-state index in [0.29, 0.717) is 13.2 Å². The number of ether oxygens (including phenoxy) is 1. The Balaban J connectivity index is 2.20. The second kappa shape index (κ2) is 8.66. The highest BCUT2D eigenvalue weighted by molar-refractivity contribution is 5.82. The van der Waals surface area contributed by atoms with Gasteiger partial charge >= 0.3 is 0 Å². The molecule has 0 heterocycles. The zero-order valence-electron chi connectivity index (χ0n) is 10.9. The van der Waals surface area contributed by atoms with Crippen LogP contribution in [0.1, 0.15) is 31.4 Å². The van der Waals surface area contributed by atoms with Gasteiger partial charge in [0.05, 0.1) is 6.61 Å². The summed E-state index contributed by atoms with van der Waals surface area (Å²) in [5, 5.41) is 2.77. The molecule has 3 N–H and O–H groups in total. The highest BCUT2D eigenvalue weighted by atomic mass is 16.5. The first kappa shape index (κ1) is 14.7. The number of carbonyl (C=O) groups is 1. The molecule has 0 spiro atoms. The molecule has 0 aliphatic rings. The molecule has 0 radical (unpaired) electrons. The third kappa shape index (κ3) is 5.29. The average molecular weight is 250 g/mol. The first-order valence-electron chi connectivity index (χ1n) is 6.41. The van der Waals surface area contributed by atoms with Crippen LogP contribution in [0.2, 0.25) is 0 Å². The van der Waals surface area contributed by atoms with Crippen molar-refractivity contribution in [3.63, 3.8) is 0 Å². The molecule has 0 bridgehead atoms. The van der Waals surface area contributed by atoms with E-state index in [1.54, 1.807) is 0 Å². The van der Waals surface area contributed by atoms with Crippen molar-refractivity contribution in [2.45, 2.75) is 25.8 Å². The maximum atomic E-state index is 11.7. The van der Waals surface area contributed by atoms with Crippen LogP contribution in [0.3, 0.4) is 0 Å². The van der Waals surface area contributed by atoms with Gasteiger partial charge in [0.15, 0.2) is 0 Å². The molecule has 0 aromatic heterocycles. The minimum absolute atomic E-state index is 0.166. The molecule has 4 nitrogen and oxygen atoms in total. The summed E-state index contributed by atoms with van der Waals surface area (Å²) < 4.78 is 5.35. The number of rotatable bonds is 8. The predicted octanol–water partition coefficient (Wildman–Crippen LogP) is 1.62. The molecule has 1 amide bonds. The molecule has 1 aromatic carbocycles. The van der Waals surface area contributed by atoms with Gasteiger partial charge in [-0.25, -0.2) is 0 Å². The fraction of sp³-hybridized carbons (Fsp3) is 0.500. The van der Waals surface area contributed by atoms with Crippen LogP contribution in [0.4, 0.5) is 0 Å². The minimum atomic E-state index is -0.609. The van der Waals surface area contributed by atoms with E-state index in [1.807, 2.05) is 30.3 Å². The first-order chi connectivity index (χ1) is 8.75. The van der Waals surface area contributed by atoms with Crippen molar-refractivity contribution >= 4 is 5.91 Å². The zero-order valence-corrected chi connectivity index (χ0v) is 10.9. The highest BCUT2D eigenvalue weighted by Gasteiger charge is 2.14. The maximum absolute atomic E-state index is 11.7. The number of benzene rings is 1. The van der Waals surface area contributed by atoms with Gasteiger partial charge in [0.25, 0.3) is 0 Å². The summed E-state index contributed by atoms with van der Waals surface area (Å²) in [6.45, 7) is 3.90. The van der Waals surface area contributed by atoms with E-state index in [-0.39, 0.29) is 5.91 Å². The molecule has 0 saturated carbocycles. The monoisotopic (exact) mass is 250 g/mol. The van der Waals surface area contributed by atoms with Gasteiger partial charge in [-0.2, -0.15) is 0 Å². The Morgan fingerprint density at radius 1 is 1.33 bits per heavy atom. The second-order valence-corrected chi connectivity index (χ2v) is 4.15. The van der Waals surface area contributed by atoms with Gasteiger partial charge in [-0.15, -0.1) is 0 Å². The van der Waals surface area contributed by atoms with Gasteiger partial charge in [-0.3, -0.25) is 4.79 Å². The van der Waals surface area contributed by atoms with Crippen molar-refractivity contribution in [2.24, 2.45) is 5.73 Å². The summed E-state index contributed by atoms with van der Waals surface area (Å²) in [4.78, 5) is 11.7. The fourth-order valence-corrected chi connectivity index (χ4v) is 1.52. The average Bonchev–Trinajstić information content (AvgIpc) is 2.42. The van der Waals surface area contributed by atoms with Crippen LogP contribution in [-0.4, -0.2) is 25.7 Å². The molecule has 0 aliphatic heterocycles. The lowest BCUT2D eigenvalue weighted by Crippen LogP contribution is -2.36. The Hall–Kier alpha value is -1.39. The minimum Gasteiger partial charge on any atom is -0.380 e. The van der Waals surface area contributed by atoms with Crippen LogP contribution in [0.15, 0.2) is 30.3 Å². The second-order valence-electron chi connectivity index (χ2n) is 4.15. The molecular formula is C14H22N2O2. The summed E-state index contributed by atoms with van der Waals surface area (Å²) in [7, 11) is 0. The lowest BCUT2D eigenvalue weighted by molar-refractivity contribution is -0.122. The number of carbonyl (C=O) groups excluding carboxylic acids is 1. The summed E-state index contributed by atoms with van der Waals surface area (Å²) in [6.07, 6.45) is 2.17. The Bertz CT molecular complexity index is 341. The van der Waals surface area contributed by atoms with Gasteiger partial charge in [-0.1, -0.05) is 43.7 Å². The van der Waals surface area contributed by atoms with Crippen LogP contribution in [0.25, 0.3) is 0 Å². The number of amides is 1. The third-order valence-electron chi connectivity index (χ3n) is 2.63.